The van der Waals surface area contributed by atoms with Gasteiger partial charge >= 0.3 is 0 Å². The van der Waals surface area contributed by atoms with Gasteiger partial charge in [0.15, 0.2) is 0 Å². The Labute approximate surface area is 74.0 Å². The van der Waals surface area contributed by atoms with Gasteiger partial charge in [0.1, 0.15) is 0 Å². The zero-order valence-corrected chi connectivity index (χ0v) is 7.96. The first-order valence-electron chi connectivity index (χ1n) is 4.33. The average Bonchev–Trinajstić information content (AvgIpc) is 2.05. The largest absolute Gasteiger partial charge is 0.316 e. The summed E-state index contributed by atoms with van der Waals surface area (Å²) in [6.45, 7) is 5.31. The summed E-state index contributed by atoms with van der Waals surface area (Å²) in [5, 5.41) is 3.15. The Hall–Kier alpha value is -0.890. The van der Waals surface area contributed by atoms with E-state index in [4.69, 9.17) is 0 Å². The van der Waals surface area contributed by atoms with E-state index in [1.807, 2.05) is 19.4 Å². The van der Waals surface area contributed by atoms with E-state index in [2.05, 4.69) is 30.2 Å². The van der Waals surface area contributed by atoms with Gasteiger partial charge in [0.2, 0.25) is 0 Å². The van der Waals surface area contributed by atoms with Crippen LogP contribution in [0.5, 0.6) is 0 Å². The van der Waals surface area contributed by atoms with Crippen LogP contribution >= 0.6 is 0 Å². The number of pyridine rings is 1. The molecule has 0 aliphatic heterocycles. The maximum atomic E-state index is 4.12. The third kappa shape index (κ3) is 2.05. The van der Waals surface area contributed by atoms with E-state index in [9.17, 15) is 0 Å². The van der Waals surface area contributed by atoms with Crippen molar-refractivity contribution < 1.29 is 0 Å². The first kappa shape index (κ1) is 9.20. The molecular weight excluding hydrogens is 148 g/mol. The standard InChI is InChI=1S/C10H16N2/c1-8(2)10-7-12-5-4-9(10)6-11-3/h4-5,7-8,11H,6H2,1-3H3. The highest BCUT2D eigenvalue weighted by atomic mass is 14.8. The lowest BCUT2D eigenvalue weighted by molar-refractivity contribution is 0.770. The third-order valence-corrected chi connectivity index (χ3v) is 1.94. The Bertz CT molecular complexity index is 243. The molecule has 0 unspecified atom stereocenters. The van der Waals surface area contributed by atoms with E-state index >= 15 is 0 Å². The summed E-state index contributed by atoms with van der Waals surface area (Å²) in [5.74, 6) is 0.557. The molecule has 0 aliphatic rings. The normalized spacial score (nSPS) is 10.7. The highest BCUT2D eigenvalue weighted by Gasteiger charge is 2.04. The van der Waals surface area contributed by atoms with Crippen LogP contribution in [0.4, 0.5) is 0 Å². The van der Waals surface area contributed by atoms with Crippen LogP contribution in [0.15, 0.2) is 18.5 Å². The molecule has 0 amide bonds. The summed E-state index contributed by atoms with van der Waals surface area (Å²) in [6, 6.07) is 2.08. The monoisotopic (exact) mass is 164 g/mol. The zero-order chi connectivity index (χ0) is 8.97. The number of nitrogens with zero attached hydrogens (tertiary/aromatic N) is 1. The molecule has 0 saturated carbocycles. The highest BCUT2D eigenvalue weighted by Crippen LogP contribution is 2.17. The van der Waals surface area contributed by atoms with Crippen molar-refractivity contribution in [3.05, 3.63) is 29.6 Å². The molecule has 0 fully saturated rings. The number of nitrogens with one attached hydrogen (secondary N) is 1. The fourth-order valence-electron chi connectivity index (χ4n) is 1.31. The van der Waals surface area contributed by atoms with Crippen LogP contribution in [-0.4, -0.2) is 12.0 Å². The first-order valence-corrected chi connectivity index (χ1v) is 4.33. The second kappa shape index (κ2) is 4.21. The number of hydrogen-bond donors (Lipinski definition) is 1. The van der Waals surface area contributed by atoms with Gasteiger partial charge in [-0.3, -0.25) is 4.98 Å². The van der Waals surface area contributed by atoms with E-state index in [1.54, 1.807) is 0 Å². The fourth-order valence-corrected chi connectivity index (χ4v) is 1.31. The maximum Gasteiger partial charge on any atom is 0.0305 e. The van der Waals surface area contributed by atoms with Crippen LogP contribution < -0.4 is 5.32 Å². The molecule has 2 nitrogen and oxygen atoms in total. The van der Waals surface area contributed by atoms with Gasteiger partial charge in [-0.05, 0) is 30.2 Å². The van der Waals surface area contributed by atoms with E-state index < -0.39 is 0 Å². The quantitative estimate of drug-likeness (QED) is 0.738. The Morgan fingerprint density at radius 2 is 2.25 bits per heavy atom. The van der Waals surface area contributed by atoms with Crippen molar-refractivity contribution in [3.8, 4) is 0 Å². The van der Waals surface area contributed by atoms with Gasteiger partial charge in [0, 0.05) is 18.9 Å². The maximum absolute atomic E-state index is 4.12. The van der Waals surface area contributed by atoms with Crippen LogP contribution in [0.2, 0.25) is 0 Å². The van der Waals surface area contributed by atoms with Crippen LogP contribution in [0.1, 0.15) is 30.9 Å². The number of rotatable bonds is 3. The highest BCUT2D eigenvalue weighted by molar-refractivity contribution is 5.25. The Morgan fingerprint density at radius 1 is 1.50 bits per heavy atom. The molecule has 0 aliphatic carbocycles. The van der Waals surface area contributed by atoms with Crippen molar-refractivity contribution >= 4 is 0 Å². The predicted octanol–water partition coefficient (Wildman–Crippen LogP) is 1.92. The van der Waals surface area contributed by atoms with Gasteiger partial charge in [-0.25, -0.2) is 0 Å². The van der Waals surface area contributed by atoms with Gasteiger partial charge in [0.25, 0.3) is 0 Å². The third-order valence-electron chi connectivity index (χ3n) is 1.94. The summed E-state index contributed by atoms with van der Waals surface area (Å²) in [6.07, 6.45) is 3.80. The van der Waals surface area contributed by atoms with Gasteiger partial charge in [-0.1, -0.05) is 13.8 Å². The van der Waals surface area contributed by atoms with Crippen molar-refractivity contribution in [3.63, 3.8) is 0 Å². The fraction of sp³-hybridized carbons (Fsp3) is 0.500. The summed E-state index contributed by atoms with van der Waals surface area (Å²) in [5.41, 5.74) is 2.69. The molecule has 1 heterocycles. The molecule has 12 heavy (non-hydrogen) atoms. The molecule has 1 rings (SSSR count). The summed E-state index contributed by atoms with van der Waals surface area (Å²) < 4.78 is 0. The number of aromatic nitrogens is 1. The molecule has 1 aromatic rings. The second-order valence-electron chi connectivity index (χ2n) is 3.26. The Morgan fingerprint density at radius 3 is 2.83 bits per heavy atom. The lowest BCUT2D eigenvalue weighted by Crippen LogP contribution is -2.08. The minimum absolute atomic E-state index is 0.557. The van der Waals surface area contributed by atoms with Crippen molar-refractivity contribution in [2.45, 2.75) is 26.3 Å². The SMILES string of the molecule is CNCc1ccncc1C(C)C. The van der Waals surface area contributed by atoms with E-state index in [0.29, 0.717) is 5.92 Å². The van der Waals surface area contributed by atoms with Crippen LogP contribution in [0.25, 0.3) is 0 Å². The molecule has 1 aromatic heterocycles. The van der Waals surface area contributed by atoms with Crippen LogP contribution in [0, 0.1) is 0 Å². The molecule has 1 N–H and O–H groups in total. The summed E-state index contributed by atoms with van der Waals surface area (Å²) >= 11 is 0. The van der Waals surface area contributed by atoms with Crippen LogP contribution in [-0.2, 0) is 6.54 Å². The van der Waals surface area contributed by atoms with Gasteiger partial charge in [-0.15, -0.1) is 0 Å². The molecule has 0 spiro atoms. The van der Waals surface area contributed by atoms with E-state index in [0.717, 1.165) is 6.54 Å². The lowest BCUT2D eigenvalue weighted by atomic mass is 10.00. The second-order valence-corrected chi connectivity index (χ2v) is 3.26. The zero-order valence-electron chi connectivity index (χ0n) is 7.96. The summed E-state index contributed by atoms with van der Waals surface area (Å²) in [7, 11) is 1.96. The molecule has 0 radical (unpaired) electrons. The predicted molar refractivity (Wildman–Crippen MR) is 51.1 cm³/mol. The molecule has 0 bridgehead atoms. The molecule has 0 aromatic carbocycles. The Kier molecular flexibility index (Phi) is 3.23. The molecular formula is C10H16N2. The minimum atomic E-state index is 0.557. The lowest BCUT2D eigenvalue weighted by Gasteiger charge is -2.10. The van der Waals surface area contributed by atoms with Gasteiger partial charge < -0.3 is 5.32 Å². The first-order chi connectivity index (χ1) is 5.75. The van der Waals surface area contributed by atoms with E-state index in [1.165, 1.54) is 11.1 Å². The Balaban J connectivity index is 2.92. The molecule has 2 heteroatoms. The van der Waals surface area contributed by atoms with Gasteiger partial charge in [-0.2, -0.15) is 0 Å². The van der Waals surface area contributed by atoms with Crippen molar-refractivity contribution in [1.29, 1.82) is 0 Å². The van der Waals surface area contributed by atoms with E-state index in [-0.39, 0.29) is 0 Å². The minimum Gasteiger partial charge on any atom is -0.316 e. The number of hydrogen-bond acceptors (Lipinski definition) is 2. The van der Waals surface area contributed by atoms with Crippen molar-refractivity contribution in [2.75, 3.05) is 7.05 Å². The van der Waals surface area contributed by atoms with Crippen molar-refractivity contribution in [2.24, 2.45) is 0 Å². The smallest absolute Gasteiger partial charge is 0.0305 e. The topological polar surface area (TPSA) is 24.9 Å². The average molecular weight is 164 g/mol. The van der Waals surface area contributed by atoms with Crippen LogP contribution in [0.3, 0.4) is 0 Å². The van der Waals surface area contributed by atoms with Crippen molar-refractivity contribution in [1.82, 2.24) is 10.3 Å². The van der Waals surface area contributed by atoms with Gasteiger partial charge in [0.05, 0.1) is 0 Å². The summed E-state index contributed by atoms with van der Waals surface area (Å²) in [4.78, 5) is 4.12. The molecule has 0 saturated heterocycles. The molecule has 66 valence electrons. The molecule has 0 atom stereocenters.